The van der Waals surface area contributed by atoms with E-state index in [9.17, 15) is 21.6 Å². The molecule has 1 aromatic heterocycles. The number of nitrogens with zero attached hydrogens (tertiary/aromatic N) is 4. The van der Waals surface area contributed by atoms with Gasteiger partial charge in [0.2, 0.25) is 21.8 Å². The summed E-state index contributed by atoms with van der Waals surface area (Å²) in [7, 11) is -6.96. The van der Waals surface area contributed by atoms with E-state index in [0.717, 1.165) is 5.56 Å². The molecule has 0 N–H and O–H groups in total. The molecule has 3 heterocycles. The first-order chi connectivity index (χ1) is 15.2. The first-order valence-electron chi connectivity index (χ1n) is 10.6. The van der Waals surface area contributed by atoms with E-state index in [4.69, 9.17) is 4.52 Å². The molecule has 1 aromatic carbocycles. The molecule has 0 aliphatic carbocycles. The van der Waals surface area contributed by atoms with E-state index >= 15 is 0 Å². The number of carbonyl (C=O) groups excluding carboxylic acids is 1. The van der Waals surface area contributed by atoms with Gasteiger partial charge in [-0.3, -0.25) is 4.79 Å². The van der Waals surface area contributed by atoms with Crippen LogP contribution in [-0.4, -0.2) is 85.0 Å². The number of amides is 1. The number of sulfone groups is 1. The molecule has 0 unspecified atom stereocenters. The van der Waals surface area contributed by atoms with Crippen LogP contribution >= 0.6 is 0 Å². The fourth-order valence-corrected chi connectivity index (χ4v) is 8.52. The van der Waals surface area contributed by atoms with Crippen LogP contribution in [0.25, 0.3) is 0 Å². The van der Waals surface area contributed by atoms with Crippen molar-refractivity contribution in [3.8, 4) is 0 Å². The second-order valence-corrected chi connectivity index (χ2v) is 12.6. The Morgan fingerprint density at radius 3 is 2.50 bits per heavy atom. The average Bonchev–Trinajstić information content (AvgIpc) is 3.38. The van der Waals surface area contributed by atoms with E-state index in [1.165, 1.54) is 4.31 Å². The summed E-state index contributed by atoms with van der Waals surface area (Å²) in [4.78, 5) is 18.5. The van der Waals surface area contributed by atoms with Crippen LogP contribution in [0.2, 0.25) is 0 Å². The summed E-state index contributed by atoms with van der Waals surface area (Å²) < 4.78 is 55.3. The maximum absolute atomic E-state index is 12.7. The average molecular weight is 483 g/mol. The van der Waals surface area contributed by atoms with Crippen molar-refractivity contribution in [2.45, 2.75) is 30.9 Å². The molecule has 0 spiro atoms. The first kappa shape index (κ1) is 22.9. The standard InChI is InChI=1S/C20H26N4O6S2/c25-20(7-6-19-21-18(22-30-19)14-16-4-2-1-3-5-16)23-9-11-24(12-10-23)32(28,29)17-8-13-31(26,27)15-17/h1-5,17H,6-15H2/t17-/m1/s1. The van der Waals surface area contributed by atoms with E-state index in [1.807, 2.05) is 30.3 Å². The number of carbonyl (C=O) groups is 1. The van der Waals surface area contributed by atoms with Crippen molar-refractivity contribution in [2.24, 2.45) is 0 Å². The van der Waals surface area contributed by atoms with Crippen molar-refractivity contribution in [1.82, 2.24) is 19.3 Å². The van der Waals surface area contributed by atoms with E-state index in [2.05, 4.69) is 10.1 Å². The third-order valence-electron chi connectivity index (χ3n) is 5.83. The highest BCUT2D eigenvalue weighted by Gasteiger charge is 2.41. The van der Waals surface area contributed by atoms with E-state index < -0.39 is 25.1 Å². The molecule has 1 amide bonds. The number of hydrogen-bond donors (Lipinski definition) is 0. The van der Waals surface area contributed by atoms with Crippen LogP contribution < -0.4 is 0 Å². The lowest BCUT2D eigenvalue weighted by atomic mass is 10.1. The molecule has 12 heteroatoms. The van der Waals surface area contributed by atoms with Crippen LogP contribution in [0.15, 0.2) is 34.9 Å². The lowest BCUT2D eigenvalue weighted by molar-refractivity contribution is -0.132. The Hall–Kier alpha value is -2.31. The number of sulfonamides is 1. The van der Waals surface area contributed by atoms with Crippen molar-refractivity contribution in [3.63, 3.8) is 0 Å². The van der Waals surface area contributed by atoms with Crippen LogP contribution in [0, 0.1) is 0 Å². The number of benzene rings is 1. The van der Waals surface area contributed by atoms with Crippen molar-refractivity contribution < 1.29 is 26.2 Å². The largest absolute Gasteiger partial charge is 0.340 e. The second-order valence-electron chi connectivity index (χ2n) is 8.12. The molecular formula is C20H26N4O6S2. The maximum Gasteiger partial charge on any atom is 0.227 e. The fraction of sp³-hybridized carbons (Fsp3) is 0.550. The number of rotatable bonds is 7. The highest BCUT2D eigenvalue weighted by atomic mass is 32.2. The smallest absolute Gasteiger partial charge is 0.227 e. The Kier molecular flexibility index (Phi) is 6.63. The van der Waals surface area contributed by atoms with Gasteiger partial charge in [0.15, 0.2) is 15.7 Å². The Morgan fingerprint density at radius 1 is 1.12 bits per heavy atom. The molecule has 2 saturated heterocycles. The van der Waals surface area contributed by atoms with Crippen molar-refractivity contribution in [3.05, 3.63) is 47.6 Å². The SMILES string of the molecule is O=C(CCc1nc(Cc2ccccc2)no1)N1CCN(S(=O)(=O)[C@@H]2CCS(=O)(=O)C2)CC1. The molecule has 2 aromatic rings. The van der Waals surface area contributed by atoms with Crippen molar-refractivity contribution in [1.29, 1.82) is 0 Å². The molecule has 1 atom stereocenters. The van der Waals surface area contributed by atoms with E-state index in [0.29, 0.717) is 24.6 Å². The van der Waals surface area contributed by atoms with Gasteiger partial charge in [-0.2, -0.15) is 9.29 Å². The fourth-order valence-electron chi connectivity index (χ4n) is 4.01. The molecule has 0 bridgehead atoms. The molecular weight excluding hydrogens is 456 g/mol. The van der Waals surface area contributed by atoms with Gasteiger partial charge in [0.05, 0.1) is 16.8 Å². The second kappa shape index (κ2) is 9.28. The number of piperazine rings is 1. The highest BCUT2D eigenvalue weighted by Crippen LogP contribution is 2.23. The Morgan fingerprint density at radius 2 is 1.84 bits per heavy atom. The molecule has 2 aliphatic rings. The Labute approximate surface area is 187 Å². The van der Waals surface area contributed by atoms with Gasteiger partial charge in [-0.15, -0.1) is 0 Å². The maximum atomic E-state index is 12.7. The third-order valence-corrected chi connectivity index (χ3v) is 10.1. The third kappa shape index (κ3) is 5.36. The van der Waals surface area contributed by atoms with E-state index in [1.54, 1.807) is 4.90 Å². The van der Waals surface area contributed by atoms with Crippen LogP contribution in [0.1, 0.15) is 30.1 Å². The molecule has 4 rings (SSSR count). The lowest BCUT2D eigenvalue weighted by Gasteiger charge is -2.35. The van der Waals surface area contributed by atoms with Gasteiger partial charge < -0.3 is 9.42 Å². The quantitative estimate of drug-likeness (QED) is 0.549. The normalized spacial score (nSPS) is 21.6. The first-order valence-corrected chi connectivity index (χ1v) is 13.9. The molecule has 32 heavy (non-hydrogen) atoms. The zero-order valence-electron chi connectivity index (χ0n) is 17.6. The minimum Gasteiger partial charge on any atom is -0.340 e. The van der Waals surface area contributed by atoms with E-state index in [-0.39, 0.29) is 56.4 Å². The summed E-state index contributed by atoms with van der Waals surface area (Å²) >= 11 is 0. The zero-order chi connectivity index (χ0) is 22.8. The highest BCUT2D eigenvalue weighted by molar-refractivity contribution is 7.95. The van der Waals surface area contributed by atoms with Gasteiger partial charge in [-0.25, -0.2) is 16.8 Å². The minimum absolute atomic E-state index is 0.0852. The summed E-state index contributed by atoms with van der Waals surface area (Å²) in [5.41, 5.74) is 1.07. The number of aryl methyl sites for hydroxylation is 1. The van der Waals surface area contributed by atoms with Crippen LogP contribution in [0.3, 0.4) is 0 Å². The summed E-state index contributed by atoms with van der Waals surface area (Å²) in [6.45, 7) is 0.903. The molecule has 174 valence electrons. The van der Waals surface area contributed by atoms with Gasteiger partial charge >= 0.3 is 0 Å². The van der Waals surface area contributed by atoms with Gasteiger partial charge in [0.25, 0.3) is 0 Å². The molecule has 2 fully saturated rings. The van der Waals surface area contributed by atoms with Crippen molar-refractivity contribution >= 4 is 25.8 Å². The summed E-state index contributed by atoms with van der Waals surface area (Å²) in [6, 6.07) is 9.77. The molecule has 0 saturated carbocycles. The van der Waals surface area contributed by atoms with Crippen LogP contribution in [0.5, 0.6) is 0 Å². The van der Waals surface area contributed by atoms with Crippen molar-refractivity contribution in [2.75, 3.05) is 37.7 Å². The van der Waals surface area contributed by atoms with Gasteiger partial charge in [0.1, 0.15) is 0 Å². The predicted octanol–water partition coefficient (Wildman–Crippen LogP) is 0.254. The van der Waals surface area contributed by atoms with Crippen LogP contribution in [0.4, 0.5) is 0 Å². The Balaban J connectivity index is 1.25. The Bertz CT molecular complexity index is 1160. The van der Waals surface area contributed by atoms with Crippen LogP contribution in [-0.2, 0) is 37.5 Å². The predicted molar refractivity (Wildman–Crippen MR) is 116 cm³/mol. The minimum atomic E-state index is -3.68. The molecule has 2 aliphatic heterocycles. The van der Waals surface area contributed by atoms with Gasteiger partial charge in [-0.1, -0.05) is 35.5 Å². The molecule has 0 radical (unpaired) electrons. The number of aromatic nitrogens is 2. The molecule has 10 nitrogen and oxygen atoms in total. The monoisotopic (exact) mass is 482 g/mol. The zero-order valence-corrected chi connectivity index (χ0v) is 19.2. The number of hydrogen-bond acceptors (Lipinski definition) is 8. The topological polar surface area (TPSA) is 131 Å². The van der Waals surface area contributed by atoms with Gasteiger partial charge in [0, 0.05) is 45.4 Å². The summed E-state index contributed by atoms with van der Waals surface area (Å²) in [5, 5.41) is 3.08. The summed E-state index contributed by atoms with van der Waals surface area (Å²) in [6.07, 6.45) is 1.21. The summed E-state index contributed by atoms with van der Waals surface area (Å²) in [5.74, 6) is 0.454. The lowest BCUT2D eigenvalue weighted by Crippen LogP contribution is -2.52. The van der Waals surface area contributed by atoms with Gasteiger partial charge in [-0.05, 0) is 12.0 Å².